The second kappa shape index (κ2) is 3.63. The van der Waals surface area contributed by atoms with Gasteiger partial charge in [0.2, 0.25) is 0 Å². The van der Waals surface area contributed by atoms with Crippen molar-refractivity contribution in [2.24, 2.45) is 4.99 Å². The van der Waals surface area contributed by atoms with Crippen molar-refractivity contribution in [3.05, 3.63) is 42.0 Å². The molecule has 2 aromatic rings. The van der Waals surface area contributed by atoms with Crippen LogP contribution in [0.5, 0.6) is 0 Å². The van der Waals surface area contributed by atoms with Crippen LogP contribution in [0.3, 0.4) is 0 Å². The van der Waals surface area contributed by atoms with E-state index in [4.69, 9.17) is 0 Å². The maximum absolute atomic E-state index is 4.26. The monoisotopic (exact) mass is 210 g/mol. The van der Waals surface area contributed by atoms with Crippen molar-refractivity contribution < 1.29 is 0 Å². The normalized spacial score (nSPS) is 17.2. The summed E-state index contributed by atoms with van der Waals surface area (Å²) in [6.45, 7) is 0. The summed E-state index contributed by atoms with van der Waals surface area (Å²) in [6.07, 6.45) is 2.10. The second-order valence-corrected chi connectivity index (χ2v) is 4.12. The predicted molar refractivity (Wildman–Crippen MR) is 69.3 cm³/mol. The minimum Gasteiger partial charge on any atom is -0.343 e. The number of hydrogen-bond acceptors (Lipinski definition) is 1. The van der Waals surface area contributed by atoms with E-state index in [1.807, 2.05) is 7.05 Å². The van der Waals surface area contributed by atoms with Crippen molar-refractivity contribution in [1.29, 1.82) is 0 Å². The number of hydrogen-bond donors (Lipinski definition) is 1. The van der Waals surface area contributed by atoms with Crippen LogP contribution < -0.4 is 5.32 Å². The Morgan fingerprint density at radius 3 is 2.81 bits per heavy atom. The molecule has 0 saturated carbocycles. The summed E-state index contributed by atoms with van der Waals surface area (Å²) in [6, 6.07) is 12.9. The Morgan fingerprint density at radius 1 is 1.06 bits per heavy atom. The van der Waals surface area contributed by atoms with E-state index in [0.29, 0.717) is 0 Å². The molecule has 0 radical (unpaired) electrons. The zero-order chi connectivity index (χ0) is 11.0. The fourth-order valence-corrected chi connectivity index (χ4v) is 2.30. The highest BCUT2D eigenvalue weighted by Gasteiger charge is 2.14. The molecule has 0 atom stereocenters. The van der Waals surface area contributed by atoms with Gasteiger partial charge in [-0.3, -0.25) is 4.99 Å². The maximum Gasteiger partial charge on any atom is 0.101 e. The van der Waals surface area contributed by atoms with Gasteiger partial charge in [-0.25, -0.2) is 0 Å². The van der Waals surface area contributed by atoms with Gasteiger partial charge in [-0.1, -0.05) is 36.4 Å². The quantitative estimate of drug-likeness (QED) is 0.709. The average Bonchev–Trinajstić information content (AvgIpc) is 2.38. The molecule has 0 bridgehead atoms. The van der Waals surface area contributed by atoms with E-state index in [1.54, 1.807) is 0 Å². The molecule has 1 aliphatic heterocycles. The fourth-order valence-electron chi connectivity index (χ4n) is 2.30. The average molecular weight is 210 g/mol. The van der Waals surface area contributed by atoms with Gasteiger partial charge in [-0.05, 0) is 17.4 Å². The minimum atomic E-state index is 1.02. The fraction of sp³-hybridized carbons (Fsp3) is 0.214. The van der Waals surface area contributed by atoms with Crippen molar-refractivity contribution in [2.75, 3.05) is 12.4 Å². The van der Waals surface area contributed by atoms with Crippen molar-refractivity contribution in [1.82, 2.24) is 0 Å². The van der Waals surface area contributed by atoms with E-state index in [1.165, 1.54) is 22.0 Å². The van der Waals surface area contributed by atoms with Crippen LogP contribution in [0.1, 0.15) is 12.0 Å². The van der Waals surface area contributed by atoms with Crippen LogP contribution in [-0.4, -0.2) is 12.9 Å². The molecule has 0 aromatic heterocycles. The van der Waals surface area contributed by atoms with Crippen LogP contribution in [0.25, 0.3) is 10.8 Å². The third kappa shape index (κ3) is 1.38. The molecule has 2 aromatic carbocycles. The molecule has 16 heavy (non-hydrogen) atoms. The summed E-state index contributed by atoms with van der Waals surface area (Å²) >= 11 is 0. The Hall–Kier alpha value is -1.83. The number of aryl methyl sites for hydroxylation is 1. The van der Waals surface area contributed by atoms with Gasteiger partial charge in [0.25, 0.3) is 0 Å². The zero-order valence-electron chi connectivity index (χ0n) is 9.33. The number of amidine groups is 1. The third-order valence-electron chi connectivity index (χ3n) is 3.19. The van der Waals surface area contributed by atoms with E-state index < -0.39 is 0 Å². The summed E-state index contributed by atoms with van der Waals surface area (Å²) in [5.74, 6) is 1.09. The molecule has 2 nitrogen and oxygen atoms in total. The summed E-state index contributed by atoms with van der Waals surface area (Å²) in [5.41, 5.74) is 2.64. The number of aliphatic imine (C=N–C) groups is 1. The molecule has 1 aliphatic rings. The number of nitrogens with zero attached hydrogens (tertiary/aromatic N) is 1. The highest BCUT2D eigenvalue weighted by Crippen LogP contribution is 2.31. The summed E-state index contributed by atoms with van der Waals surface area (Å²) in [7, 11) is 1.85. The van der Waals surface area contributed by atoms with Gasteiger partial charge in [-0.2, -0.15) is 0 Å². The Morgan fingerprint density at radius 2 is 1.94 bits per heavy atom. The first kappa shape index (κ1) is 9.40. The van der Waals surface area contributed by atoms with Gasteiger partial charge in [0.1, 0.15) is 5.84 Å². The van der Waals surface area contributed by atoms with Gasteiger partial charge >= 0.3 is 0 Å². The third-order valence-corrected chi connectivity index (χ3v) is 3.19. The van der Waals surface area contributed by atoms with Gasteiger partial charge in [0.15, 0.2) is 0 Å². The molecule has 0 spiro atoms. The number of benzene rings is 2. The Balaban J connectivity index is 2.25. The second-order valence-electron chi connectivity index (χ2n) is 4.12. The van der Waals surface area contributed by atoms with Crippen LogP contribution in [0.2, 0.25) is 0 Å². The molecular weight excluding hydrogens is 196 g/mol. The predicted octanol–water partition coefficient (Wildman–Crippen LogP) is 3.23. The van der Waals surface area contributed by atoms with Gasteiger partial charge in [0.05, 0.1) is 5.69 Å². The van der Waals surface area contributed by atoms with E-state index >= 15 is 0 Å². The molecule has 3 rings (SSSR count). The van der Waals surface area contributed by atoms with Gasteiger partial charge in [-0.15, -0.1) is 0 Å². The Bertz CT molecular complexity index is 570. The Kier molecular flexibility index (Phi) is 2.13. The molecule has 0 unspecified atom stereocenters. The lowest BCUT2D eigenvalue weighted by molar-refractivity contribution is 1.01. The first-order valence-electron chi connectivity index (χ1n) is 5.62. The van der Waals surface area contributed by atoms with E-state index in [9.17, 15) is 0 Å². The highest BCUT2D eigenvalue weighted by atomic mass is 15.0. The SMILES string of the molecule is CN=C1CCc2ccc3ccccc3c2N1. The van der Waals surface area contributed by atoms with Crippen LogP contribution in [0.15, 0.2) is 41.4 Å². The molecule has 1 N–H and O–H groups in total. The number of fused-ring (bicyclic) bond motifs is 3. The van der Waals surface area contributed by atoms with Crippen molar-refractivity contribution in [3.8, 4) is 0 Å². The minimum absolute atomic E-state index is 1.02. The summed E-state index contributed by atoms with van der Waals surface area (Å²) in [5, 5.41) is 6.02. The van der Waals surface area contributed by atoms with Crippen molar-refractivity contribution in [2.45, 2.75) is 12.8 Å². The first-order chi connectivity index (χ1) is 7.88. The molecule has 0 fully saturated rings. The molecule has 0 amide bonds. The lowest BCUT2D eigenvalue weighted by Gasteiger charge is -2.21. The molecule has 80 valence electrons. The number of anilines is 1. The molecule has 2 heteroatoms. The first-order valence-corrected chi connectivity index (χ1v) is 5.62. The van der Waals surface area contributed by atoms with E-state index in [2.05, 4.69) is 46.7 Å². The molecule has 0 saturated heterocycles. The topological polar surface area (TPSA) is 24.4 Å². The standard InChI is InChI=1S/C14H14N2/c1-15-13-9-8-11-7-6-10-4-2-3-5-12(10)14(11)16-13/h2-7H,8-9H2,1H3,(H,15,16). The smallest absolute Gasteiger partial charge is 0.101 e. The zero-order valence-corrected chi connectivity index (χ0v) is 9.33. The lowest BCUT2D eigenvalue weighted by atomic mass is 9.97. The van der Waals surface area contributed by atoms with Crippen LogP contribution in [0.4, 0.5) is 5.69 Å². The Labute approximate surface area is 95.0 Å². The molecule has 0 aliphatic carbocycles. The highest BCUT2D eigenvalue weighted by molar-refractivity contribution is 6.07. The van der Waals surface area contributed by atoms with Crippen molar-refractivity contribution >= 4 is 22.3 Å². The maximum atomic E-state index is 4.26. The van der Waals surface area contributed by atoms with E-state index in [0.717, 1.165) is 18.7 Å². The largest absolute Gasteiger partial charge is 0.343 e. The lowest BCUT2D eigenvalue weighted by Crippen LogP contribution is -2.19. The summed E-state index contributed by atoms with van der Waals surface area (Å²) in [4.78, 5) is 4.26. The van der Waals surface area contributed by atoms with Gasteiger partial charge < -0.3 is 5.32 Å². The van der Waals surface area contributed by atoms with Crippen LogP contribution >= 0.6 is 0 Å². The van der Waals surface area contributed by atoms with Gasteiger partial charge in [0, 0.05) is 18.9 Å². The van der Waals surface area contributed by atoms with Crippen LogP contribution in [-0.2, 0) is 6.42 Å². The molecular formula is C14H14N2. The van der Waals surface area contributed by atoms with Crippen LogP contribution in [0, 0.1) is 0 Å². The summed E-state index contributed by atoms with van der Waals surface area (Å²) < 4.78 is 0. The molecule has 1 heterocycles. The van der Waals surface area contributed by atoms with Crippen molar-refractivity contribution in [3.63, 3.8) is 0 Å². The number of rotatable bonds is 0. The number of nitrogens with one attached hydrogen (secondary N) is 1. The van der Waals surface area contributed by atoms with E-state index in [-0.39, 0.29) is 0 Å².